The number of carbonyl (C=O) groups excluding carboxylic acids is 1. The molecule has 70 valence electrons. The Kier molecular flexibility index (Phi) is 3.49. The zero-order chi connectivity index (χ0) is 8.97. The minimum atomic E-state index is -0.0244. The Morgan fingerprint density at radius 3 is 2.92 bits per heavy atom. The van der Waals surface area contributed by atoms with Gasteiger partial charge in [0.1, 0.15) is 0 Å². The first-order chi connectivity index (χ1) is 5.74. The lowest BCUT2D eigenvalue weighted by atomic mass is 10.2. The smallest absolute Gasteiger partial charge is 0.238 e. The van der Waals surface area contributed by atoms with Crippen molar-refractivity contribution in [2.45, 2.75) is 13.0 Å². The fourth-order valence-electron chi connectivity index (χ4n) is 1.24. The predicted octanol–water partition coefficient (Wildman–Crippen LogP) is -0.974. The van der Waals surface area contributed by atoms with Crippen LogP contribution < -0.4 is 10.6 Å². The van der Waals surface area contributed by atoms with Crippen LogP contribution in [0.4, 0.5) is 0 Å². The number of nitrogens with one attached hydrogen (secondary N) is 2. The highest BCUT2D eigenvalue weighted by Gasteiger charge is 2.21. The van der Waals surface area contributed by atoms with Gasteiger partial charge in [0.2, 0.25) is 5.91 Å². The molecule has 1 aliphatic rings. The molecule has 0 aliphatic carbocycles. The molecule has 0 aromatic carbocycles. The number of likely N-dealkylation sites (N-methyl/N-ethyl adjacent to an activating group) is 1. The van der Waals surface area contributed by atoms with Gasteiger partial charge in [0.25, 0.3) is 0 Å². The average molecular weight is 171 g/mol. The molecular formula is C8H17N3O. The molecule has 0 bridgehead atoms. The summed E-state index contributed by atoms with van der Waals surface area (Å²) >= 11 is 0. The number of carbonyl (C=O) groups is 1. The molecule has 1 rings (SSSR count). The molecule has 1 fully saturated rings. The molecule has 1 aliphatic heterocycles. The minimum absolute atomic E-state index is 0.0244. The Morgan fingerprint density at radius 2 is 2.33 bits per heavy atom. The van der Waals surface area contributed by atoms with E-state index in [2.05, 4.69) is 22.5 Å². The summed E-state index contributed by atoms with van der Waals surface area (Å²) < 4.78 is 0. The largest absolute Gasteiger partial charge is 0.353 e. The first-order valence-corrected chi connectivity index (χ1v) is 4.43. The summed E-state index contributed by atoms with van der Waals surface area (Å²) in [6.07, 6.45) is 0. The van der Waals surface area contributed by atoms with Gasteiger partial charge in [-0.2, -0.15) is 0 Å². The van der Waals surface area contributed by atoms with Gasteiger partial charge in [0, 0.05) is 19.6 Å². The van der Waals surface area contributed by atoms with Gasteiger partial charge >= 0.3 is 0 Å². The van der Waals surface area contributed by atoms with Crippen LogP contribution in [0, 0.1) is 0 Å². The molecule has 4 nitrogen and oxygen atoms in total. The first kappa shape index (κ1) is 9.48. The lowest BCUT2D eigenvalue weighted by Gasteiger charge is -2.26. The third kappa shape index (κ3) is 2.46. The Bertz CT molecular complexity index is 160. The van der Waals surface area contributed by atoms with Crippen molar-refractivity contribution < 1.29 is 4.79 Å². The Labute approximate surface area is 73.3 Å². The van der Waals surface area contributed by atoms with E-state index in [1.165, 1.54) is 0 Å². The summed E-state index contributed by atoms with van der Waals surface area (Å²) in [5.74, 6) is 0.126. The molecule has 12 heavy (non-hydrogen) atoms. The van der Waals surface area contributed by atoms with Crippen LogP contribution in [0.2, 0.25) is 0 Å². The summed E-state index contributed by atoms with van der Waals surface area (Å²) in [5.41, 5.74) is 0. The van der Waals surface area contributed by atoms with Gasteiger partial charge in [0.15, 0.2) is 0 Å². The van der Waals surface area contributed by atoms with Crippen LogP contribution >= 0.6 is 0 Å². The maximum absolute atomic E-state index is 11.2. The summed E-state index contributed by atoms with van der Waals surface area (Å²) in [5, 5.41) is 6.01. The minimum Gasteiger partial charge on any atom is -0.353 e. The van der Waals surface area contributed by atoms with Crippen molar-refractivity contribution >= 4 is 5.91 Å². The van der Waals surface area contributed by atoms with E-state index in [-0.39, 0.29) is 11.9 Å². The summed E-state index contributed by atoms with van der Waals surface area (Å²) in [4.78, 5) is 13.4. The number of piperazine rings is 1. The van der Waals surface area contributed by atoms with Crippen molar-refractivity contribution in [3.05, 3.63) is 0 Å². The van der Waals surface area contributed by atoms with E-state index in [4.69, 9.17) is 0 Å². The summed E-state index contributed by atoms with van der Waals surface area (Å²) in [6.45, 7) is 5.49. The fraction of sp³-hybridized carbons (Fsp3) is 0.875. The van der Waals surface area contributed by atoms with Crippen molar-refractivity contribution in [3.63, 3.8) is 0 Å². The van der Waals surface area contributed by atoms with Crippen molar-refractivity contribution in [2.75, 3.05) is 33.2 Å². The standard InChI is InChI=1S/C8H17N3O/c1-3-11(2)6-7-8(12)10-5-4-9-7/h7,9H,3-6H2,1-2H3,(H,10,12)/t7-/m1/s1. The maximum Gasteiger partial charge on any atom is 0.238 e. The van der Waals surface area contributed by atoms with Gasteiger partial charge in [-0.3, -0.25) is 4.79 Å². The van der Waals surface area contributed by atoms with Crippen LogP contribution in [0.25, 0.3) is 0 Å². The van der Waals surface area contributed by atoms with Gasteiger partial charge in [-0.25, -0.2) is 0 Å². The van der Waals surface area contributed by atoms with E-state index in [1.54, 1.807) is 0 Å². The maximum atomic E-state index is 11.2. The Morgan fingerprint density at radius 1 is 1.58 bits per heavy atom. The van der Waals surface area contributed by atoms with Crippen molar-refractivity contribution in [1.82, 2.24) is 15.5 Å². The van der Waals surface area contributed by atoms with Crippen molar-refractivity contribution in [2.24, 2.45) is 0 Å². The number of hydrogen-bond donors (Lipinski definition) is 2. The topological polar surface area (TPSA) is 44.4 Å². The molecule has 1 saturated heterocycles. The molecule has 0 radical (unpaired) electrons. The van der Waals surface area contributed by atoms with Crippen molar-refractivity contribution in [3.8, 4) is 0 Å². The molecule has 0 spiro atoms. The van der Waals surface area contributed by atoms with E-state index in [0.29, 0.717) is 0 Å². The van der Waals surface area contributed by atoms with Gasteiger partial charge < -0.3 is 15.5 Å². The summed E-state index contributed by atoms with van der Waals surface area (Å²) in [7, 11) is 2.02. The molecule has 4 heteroatoms. The highest BCUT2D eigenvalue weighted by atomic mass is 16.2. The fourth-order valence-corrected chi connectivity index (χ4v) is 1.24. The average Bonchev–Trinajstić information content (AvgIpc) is 2.09. The van der Waals surface area contributed by atoms with Gasteiger partial charge in [-0.15, -0.1) is 0 Å². The Hall–Kier alpha value is -0.610. The second-order valence-corrected chi connectivity index (χ2v) is 3.15. The highest BCUT2D eigenvalue weighted by molar-refractivity contribution is 5.82. The normalized spacial score (nSPS) is 24.2. The van der Waals surface area contributed by atoms with Crippen LogP contribution in [0.5, 0.6) is 0 Å². The number of rotatable bonds is 3. The number of hydrogen-bond acceptors (Lipinski definition) is 3. The third-order valence-corrected chi connectivity index (χ3v) is 2.17. The first-order valence-electron chi connectivity index (χ1n) is 4.43. The van der Waals surface area contributed by atoms with E-state index >= 15 is 0 Å². The van der Waals surface area contributed by atoms with Gasteiger partial charge in [-0.1, -0.05) is 6.92 Å². The molecule has 2 N–H and O–H groups in total. The number of nitrogens with zero attached hydrogens (tertiary/aromatic N) is 1. The Balaban J connectivity index is 2.34. The predicted molar refractivity (Wildman–Crippen MR) is 48.0 cm³/mol. The summed E-state index contributed by atoms with van der Waals surface area (Å²) in [6, 6.07) is -0.0244. The quantitative estimate of drug-likeness (QED) is 0.574. The molecule has 1 amide bonds. The number of amides is 1. The molecular weight excluding hydrogens is 154 g/mol. The van der Waals surface area contributed by atoms with E-state index in [1.807, 2.05) is 7.05 Å². The van der Waals surface area contributed by atoms with Crippen LogP contribution in [0.1, 0.15) is 6.92 Å². The van der Waals surface area contributed by atoms with Gasteiger partial charge in [-0.05, 0) is 13.6 Å². The zero-order valence-electron chi connectivity index (χ0n) is 7.76. The molecule has 0 saturated carbocycles. The molecule has 1 atom stereocenters. The van der Waals surface area contributed by atoms with Crippen LogP contribution in [-0.2, 0) is 4.79 Å². The van der Waals surface area contributed by atoms with Crippen molar-refractivity contribution in [1.29, 1.82) is 0 Å². The second-order valence-electron chi connectivity index (χ2n) is 3.15. The van der Waals surface area contributed by atoms with E-state index < -0.39 is 0 Å². The molecule has 0 aromatic rings. The monoisotopic (exact) mass is 171 g/mol. The molecule has 0 unspecified atom stereocenters. The van der Waals surface area contributed by atoms with E-state index in [0.717, 1.165) is 26.2 Å². The zero-order valence-corrected chi connectivity index (χ0v) is 7.76. The molecule has 1 heterocycles. The lowest BCUT2D eigenvalue weighted by molar-refractivity contribution is -0.124. The third-order valence-electron chi connectivity index (χ3n) is 2.17. The van der Waals surface area contributed by atoms with Crippen LogP contribution in [0.3, 0.4) is 0 Å². The van der Waals surface area contributed by atoms with E-state index in [9.17, 15) is 4.79 Å². The van der Waals surface area contributed by atoms with Crippen LogP contribution in [0.15, 0.2) is 0 Å². The highest BCUT2D eigenvalue weighted by Crippen LogP contribution is 1.92. The van der Waals surface area contributed by atoms with Crippen LogP contribution in [-0.4, -0.2) is 50.1 Å². The van der Waals surface area contributed by atoms with Gasteiger partial charge in [0.05, 0.1) is 6.04 Å². The molecule has 0 aromatic heterocycles. The lowest BCUT2D eigenvalue weighted by Crippen LogP contribution is -2.56. The SMILES string of the molecule is CCN(C)C[C@H]1NCCNC1=O. The second kappa shape index (κ2) is 4.42.